The van der Waals surface area contributed by atoms with E-state index in [4.69, 9.17) is 11.6 Å². The van der Waals surface area contributed by atoms with Crippen LogP contribution in [0.25, 0.3) is 22.4 Å². The lowest BCUT2D eigenvalue weighted by Crippen LogP contribution is -2.45. The Hall–Kier alpha value is -5.00. The summed E-state index contributed by atoms with van der Waals surface area (Å²) in [5, 5.41) is 13.8. The van der Waals surface area contributed by atoms with Gasteiger partial charge in [0.25, 0.3) is 5.91 Å². The third-order valence-corrected chi connectivity index (χ3v) is 8.30. The zero-order chi connectivity index (χ0) is 31.3. The number of nitrogens with zero attached hydrogens (tertiary/aromatic N) is 6. The van der Waals surface area contributed by atoms with E-state index in [-0.39, 0.29) is 12.3 Å². The molecule has 1 saturated heterocycles. The van der Waals surface area contributed by atoms with Crippen LogP contribution in [-0.2, 0) is 25.3 Å². The van der Waals surface area contributed by atoms with Crippen LogP contribution in [0.1, 0.15) is 16.1 Å². The lowest BCUT2D eigenvalue weighted by molar-refractivity contribution is -0.118. The van der Waals surface area contributed by atoms with Gasteiger partial charge in [-0.3, -0.25) is 14.3 Å². The minimum absolute atomic E-state index is 0.172. The third kappa shape index (κ3) is 6.89. The number of pyridine rings is 1. The predicted molar refractivity (Wildman–Crippen MR) is 175 cm³/mol. The Kier molecular flexibility index (Phi) is 8.90. The number of amides is 2. The van der Waals surface area contributed by atoms with Crippen LogP contribution < -0.4 is 20.9 Å². The molecule has 2 amide bonds. The molecule has 0 radical (unpaired) electrons. The van der Waals surface area contributed by atoms with Crippen molar-refractivity contribution >= 4 is 34.9 Å². The van der Waals surface area contributed by atoms with Crippen LogP contribution in [0.15, 0.2) is 85.6 Å². The first-order valence-electron chi connectivity index (χ1n) is 14.7. The van der Waals surface area contributed by atoms with Crippen LogP contribution in [0.4, 0.5) is 11.5 Å². The summed E-state index contributed by atoms with van der Waals surface area (Å²) in [6.07, 6.45) is 7.04. The maximum Gasteiger partial charge on any atom is 0.270 e. The number of carbonyl (C=O) groups is 2. The van der Waals surface area contributed by atoms with Gasteiger partial charge in [-0.15, -0.1) is 0 Å². The SMILES string of the molecule is Cn1cncc1-c1ccc(NC(=O)C(Cc2cc(-c3ccnc(N4CCNCC4)c3)ccc2Cl)NC(=O)c2ccnn2C)cc1. The largest absolute Gasteiger partial charge is 0.354 e. The van der Waals surface area contributed by atoms with E-state index < -0.39 is 11.9 Å². The summed E-state index contributed by atoms with van der Waals surface area (Å²) in [6, 6.07) is 17.9. The number of benzene rings is 2. The molecule has 3 aromatic heterocycles. The fraction of sp³-hybridized carbons (Fsp3) is 0.242. The van der Waals surface area contributed by atoms with Crippen molar-refractivity contribution in [1.29, 1.82) is 0 Å². The maximum absolute atomic E-state index is 13.7. The molecule has 4 heterocycles. The Bertz CT molecular complexity index is 1810. The second-order valence-corrected chi connectivity index (χ2v) is 11.4. The lowest BCUT2D eigenvalue weighted by atomic mass is 9.99. The van der Waals surface area contributed by atoms with Crippen molar-refractivity contribution in [3.63, 3.8) is 0 Å². The number of aromatic nitrogens is 5. The normalized spacial score (nSPS) is 13.8. The zero-order valence-electron chi connectivity index (χ0n) is 25.1. The van der Waals surface area contributed by atoms with E-state index in [1.165, 1.54) is 10.9 Å². The van der Waals surface area contributed by atoms with E-state index in [2.05, 4.69) is 42.0 Å². The van der Waals surface area contributed by atoms with Gasteiger partial charge >= 0.3 is 0 Å². The van der Waals surface area contributed by atoms with Gasteiger partial charge < -0.3 is 25.4 Å². The van der Waals surface area contributed by atoms with Crippen molar-refractivity contribution in [3.05, 3.63) is 102 Å². The topological polar surface area (TPSA) is 122 Å². The maximum atomic E-state index is 13.7. The second kappa shape index (κ2) is 13.3. The Morgan fingerprint density at radius 2 is 1.71 bits per heavy atom. The van der Waals surface area contributed by atoms with E-state index >= 15 is 0 Å². The average Bonchev–Trinajstić information content (AvgIpc) is 3.70. The number of carbonyl (C=O) groups excluding carboxylic acids is 2. The second-order valence-electron chi connectivity index (χ2n) is 11.0. The zero-order valence-corrected chi connectivity index (χ0v) is 25.8. The van der Waals surface area contributed by atoms with Crippen LogP contribution >= 0.6 is 11.6 Å². The molecular weight excluding hydrogens is 590 g/mol. The molecule has 0 aliphatic carbocycles. The van der Waals surface area contributed by atoms with Gasteiger partial charge in [0.05, 0.1) is 18.2 Å². The van der Waals surface area contributed by atoms with E-state index in [1.807, 2.05) is 66.3 Å². The van der Waals surface area contributed by atoms with Gasteiger partial charge in [0.15, 0.2) is 0 Å². The van der Waals surface area contributed by atoms with Crippen molar-refractivity contribution in [2.75, 3.05) is 36.4 Å². The van der Waals surface area contributed by atoms with Crippen molar-refractivity contribution < 1.29 is 9.59 Å². The quantitative estimate of drug-likeness (QED) is 0.227. The Balaban J connectivity index is 1.25. The van der Waals surface area contributed by atoms with Gasteiger partial charge in [-0.2, -0.15) is 5.10 Å². The minimum atomic E-state index is -0.925. The molecule has 1 atom stereocenters. The number of rotatable bonds is 9. The molecular formula is C33H34ClN9O2. The molecule has 12 heteroatoms. The van der Waals surface area contributed by atoms with Gasteiger partial charge in [-0.25, -0.2) is 9.97 Å². The van der Waals surface area contributed by atoms with Gasteiger partial charge in [0, 0.05) is 69.8 Å². The summed E-state index contributed by atoms with van der Waals surface area (Å²) in [7, 11) is 3.60. The van der Waals surface area contributed by atoms with Gasteiger partial charge in [0.2, 0.25) is 5.91 Å². The smallest absolute Gasteiger partial charge is 0.270 e. The van der Waals surface area contributed by atoms with Crippen LogP contribution in [-0.4, -0.2) is 68.4 Å². The van der Waals surface area contributed by atoms with Crippen LogP contribution in [0.2, 0.25) is 5.02 Å². The molecule has 230 valence electrons. The van der Waals surface area contributed by atoms with Crippen LogP contribution in [0.5, 0.6) is 0 Å². The summed E-state index contributed by atoms with van der Waals surface area (Å²) in [5.74, 6) is 0.134. The molecule has 0 spiro atoms. The van der Waals surface area contributed by atoms with Gasteiger partial charge in [0.1, 0.15) is 17.6 Å². The minimum Gasteiger partial charge on any atom is -0.354 e. The molecule has 45 heavy (non-hydrogen) atoms. The molecule has 11 nitrogen and oxygen atoms in total. The molecule has 1 fully saturated rings. The number of piperazine rings is 1. The molecule has 0 bridgehead atoms. The predicted octanol–water partition coefficient (Wildman–Crippen LogP) is 3.93. The molecule has 2 aromatic carbocycles. The number of anilines is 2. The van der Waals surface area contributed by atoms with Crippen molar-refractivity contribution in [1.82, 2.24) is 34.9 Å². The molecule has 1 unspecified atom stereocenters. The highest BCUT2D eigenvalue weighted by molar-refractivity contribution is 6.31. The van der Waals surface area contributed by atoms with Crippen LogP contribution in [0, 0.1) is 0 Å². The monoisotopic (exact) mass is 623 g/mol. The molecule has 1 aliphatic heterocycles. The molecule has 6 rings (SSSR count). The Labute approximate surface area is 266 Å². The summed E-state index contributed by atoms with van der Waals surface area (Å²) in [6.45, 7) is 3.61. The standard InChI is InChI=1S/C33H34ClN9O2/c1-41-21-36-20-30(41)22-3-6-26(7-4-22)39-32(44)28(40-33(45)29-10-12-38-42(29)2)18-25-17-23(5-8-27(25)34)24-9-11-37-31(19-24)43-15-13-35-14-16-43/h3-12,17,19-21,28,35H,13-16,18H2,1-2H3,(H,39,44)(H,40,45). The Morgan fingerprint density at radius 1 is 0.956 bits per heavy atom. The highest BCUT2D eigenvalue weighted by Gasteiger charge is 2.25. The van der Waals surface area contributed by atoms with Crippen molar-refractivity contribution in [2.45, 2.75) is 12.5 Å². The van der Waals surface area contributed by atoms with Crippen LogP contribution in [0.3, 0.4) is 0 Å². The highest BCUT2D eigenvalue weighted by Crippen LogP contribution is 2.29. The Morgan fingerprint density at radius 3 is 2.42 bits per heavy atom. The van der Waals surface area contributed by atoms with Gasteiger partial charge in [-0.1, -0.05) is 29.8 Å². The molecule has 1 aliphatic rings. The summed E-state index contributed by atoms with van der Waals surface area (Å²) < 4.78 is 3.39. The van der Waals surface area contributed by atoms with Gasteiger partial charge in [-0.05, 0) is 64.7 Å². The van der Waals surface area contributed by atoms with E-state index in [9.17, 15) is 9.59 Å². The summed E-state index contributed by atoms with van der Waals surface area (Å²) >= 11 is 6.69. The average molecular weight is 624 g/mol. The summed E-state index contributed by atoms with van der Waals surface area (Å²) in [4.78, 5) is 38.0. The number of nitrogens with one attached hydrogen (secondary N) is 3. The van der Waals surface area contributed by atoms with Crippen molar-refractivity contribution in [3.8, 4) is 22.4 Å². The summed E-state index contributed by atoms with van der Waals surface area (Å²) in [5.41, 5.74) is 5.52. The number of hydrogen-bond acceptors (Lipinski definition) is 7. The van der Waals surface area contributed by atoms with E-state index in [0.29, 0.717) is 16.4 Å². The third-order valence-electron chi connectivity index (χ3n) is 7.93. The lowest BCUT2D eigenvalue weighted by Gasteiger charge is -2.28. The first-order valence-corrected chi connectivity index (χ1v) is 15.1. The fourth-order valence-electron chi connectivity index (χ4n) is 5.42. The van der Waals surface area contributed by atoms with E-state index in [0.717, 1.165) is 59.9 Å². The number of hydrogen-bond donors (Lipinski definition) is 3. The number of aryl methyl sites for hydroxylation is 2. The molecule has 5 aromatic rings. The number of imidazole rings is 1. The molecule has 3 N–H and O–H groups in total. The first kappa shape index (κ1) is 30.0. The van der Waals surface area contributed by atoms with Crippen molar-refractivity contribution in [2.24, 2.45) is 14.1 Å². The highest BCUT2D eigenvalue weighted by atomic mass is 35.5. The fourth-order valence-corrected chi connectivity index (χ4v) is 5.62. The molecule has 0 saturated carbocycles. The first-order chi connectivity index (χ1) is 21.9. The number of halogens is 1. The van der Waals surface area contributed by atoms with E-state index in [1.54, 1.807) is 25.6 Å².